The molecule has 3 N–H and O–H groups in total. The van der Waals surface area contributed by atoms with Gasteiger partial charge < -0.3 is 11.1 Å². The normalized spacial score (nSPS) is 13.7. The summed E-state index contributed by atoms with van der Waals surface area (Å²) in [4.78, 5) is 19.0. The Labute approximate surface area is 172 Å². The summed E-state index contributed by atoms with van der Waals surface area (Å²) >= 11 is 8.26. The molecule has 4 rings (SSSR count). The Morgan fingerprint density at radius 1 is 1.23 bits per heavy atom. The molecule has 0 unspecified atom stereocenters. The average Bonchev–Trinajstić information content (AvgIpc) is 2.94. The van der Waals surface area contributed by atoms with Gasteiger partial charge in [-0.1, -0.05) is 15.9 Å². The molecule has 0 atom stereocenters. The van der Waals surface area contributed by atoms with Gasteiger partial charge in [-0.15, -0.1) is 11.3 Å². The van der Waals surface area contributed by atoms with Gasteiger partial charge in [-0.2, -0.15) is 0 Å². The van der Waals surface area contributed by atoms with Gasteiger partial charge in [-0.05, 0) is 77.9 Å². The SMILES string of the molecule is Cc1nc2sc(C(=O)Nc3ccc(Br)cc3Br)c(N)c2c2c1CCCC2. The van der Waals surface area contributed by atoms with Gasteiger partial charge in [0.15, 0.2) is 0 Å². The fourth-order valence-corrected chi connectivity index (χ4v) is 5.75. The number of carbonyl (C=O) groups excluding carboxylic acids is 1. The Bertz CT molecular complexity index is 1050. The van der Waals surface area contributed by atoms with Gasteiger partial charge in [0.25, 0.3) is 5.91 Å². The van der Waals surface area contributed by atoms with E-state index in [-0.39, 0.29) is 5.91 Å². The molecule has 0 saturated heterocycles. The number of anilines is 2. The number of aryl methyl sites for hydroxylation is 2. The summed E-state index contributed by atoms with van der Waals surface area (Å²) in [5.41, 5.74) is 11.4. The molecule has 0 aliphatic heterocycles. The Hall–Kier alpha value is -1.44. The van der Waals surface area contributed by atoms with Crippen molar-refractivity contribution in [2.24, 2.45) is 0 Å². The number of hydrogen-bond acceptors (Lipinski definition) is 4. The van der Waals surface area contributed by atoms with Gasteiger partial charge in [-0.3, -0.25) is 4.79 Å². The Morgan fingerprint density at radius 2 is 1.96 bits per heavy atom. The molecule has 2 heterocycles. The molecule has 134 valence electrons. The van der Waals surface area contributed by atoms with Gasteiger partial charge >= 0.3 is 0 Å². The Morgan fingerprint density at radius 3 is 2.69 bits per heavy atom. The zero-order valence-corrected chi connectivity index (χ0v) is 18.1. The van der Waals surface area contributed by atoms with Gasteiger partial charge in [0, 0.05) is 20.0 Å². The first-order chi connectivity index (χ1) is 12.5. The van der Waals surface area contributed by atoms with E-state index in [9.17, 15) is 4.79 Å². The molecule has 1 amide bonds. The molecule has 0 fully saturated rings. The first-order valence-corrected chi connectivity index (χ1v) is 10.8. The highest BCUT2D eigenvalue weighted by atomic mass is 79.9. The molecule has 4 nitrogen and oxygen atoms in total. The number of nitrogens with zero attached hydrogens (tertiary/aromatic N) is 1. The predicted octanol–water partition coefficient (Wildman–Crippen LogP) is 5.84. The number of nitrogen functional groups attached to an aromatic ring is 1. The summed E-state index contributed by atoms with van der Waals surface area (Å²) < 4.78 is 1.75. The highest BCUT2D eigenvalue weighted by Crippen LogP contribution is 2.40. The lowest BCUT2D eigenvalue weighted by molar-refractivity contribution is 0.103. The zero-order chi connectivity index (χ0) is 18.4. The van der Waals surface area contributed by atoms with Crippen LogP contribution in [-0.2, 0) is 12.8 Å². The van der Waals surface area contributed by atoms with E-state index >= 15 is 0 Å². The lowest BCUT2D eigenvalue weighted by Gasteiger charge is -2.18. The summed E-state index contributed by atoms with van der Waals surface area (Å²) in [5, 5.41) is 3.93. The molecule has 7 heteroatoms. The van der Waals surface area contributed by atoms with Gasteiger partial charge in [0.05, 0.1) is 11.4 Å². The topological polar surface area (TPSA) is 68.0 Å². The van der Waals surface area contributed by atoms with E-state index in [1.54, 1.807) is 0 Å². The third kappa shape index (κ3) is 3.06. The first-order valence-electron chi connectivity index (χ1n) is 8.42. The van der Waals surface area contributed by atoms with E-state index in [2.05, 4.69) is 44.1 Å². The van der Waals surface area contributed by atoms with Crippen molar-refractivity contribution in [2.45, 2.75) is 32.6 Å². The smallest absolute Gasteiger partial charge is 0.267 e. The zero-order valence-electron chi connectivity index (χ0n) is 14.2. The van der Waals surface area contributed by atoms with Crippen LogP contribution in [0.3, 0.4) is 0 Å². The molecule has 0 bridgehead atoms. The third-order valence-corrected chi connectivity index (χ3v) is 7.04. The second kappa shape index (κ2) is 6.94. The predicted molar refractivity (Wildman–Crippen MR) is 115 cm³/mol. The van der Waals surface area contributed by atoms with Crippen LogP contribution in [0.4, 0.5) is 11.4 Å². The molecular weight excluding hydrogens is 478 g/mol. The third-order valence-electron chi connectivity index (χ3n) is 4.79. The molecule has 0 saturated carbocycles. The largest absolute Gasteiger partial charge is 0.397 e. The first kappa shape index (κ1) is 17.9. The van der Waals surface area contributed by atoms with Crippen LogP contribution in [0.1, 0.15) is 39.3 Å². The van der Waals surface area contributed by atoms with E-state index in [0.29, 0.717) is 16.3 Å². The van der Waals surface area contributed by atoms with Gasteiger partial charge in [-0.25, -0.2) is 4.98 Å². The Balaban J connectivity index is 1.77. The van der Waals surface area contributed by atoms with Crippen LogP contribution in [0.15, 0.2) is 27.1 Å². The number of hydrogen-bond donors (Lipinski definition) is 2. The van der Waals surface area contributed by atoms with E-state index in [0.717, 1.165) is 44.1 Å². The van der Waals surface area contributed by atoms with Crippen molar-refractivity contribution in [3.63, 3.8) is 0 Å². The molecular formula is C19H17Br2N3OS. The van der Waals surface area contributed by atoms with Crippen LogP contribution < -0.4 is 11.1 Å². The fourth-order valence-electron chi connectivity index (χ4n) is 3.54. The van der Waals surface area contributed by atoms with Crippen LogP contribution in [0.5, 0.6) is 0 Å². The number of halogens is 2. The number of pyridine rings is 1. The molecule has 2 aromatic heterocycles. The number of carbonyl (C=O) groups is 1. The number of benzene rings is 1. The second-order valence-corrected chi connectivity index (χ2v) is 9.23. The summed E-state index contributed by atoms with van der Waals surface area (Å²) in [6.07, 6.45) is 4.41. The van der Waals surface area contributed by atoms with Crippen molar-refractivity contribution in [1.82, 2.24) is 4.98 Å². The van der Waals surface area contributed by atoms with E-state index < -0.39 is 0 Å². The number of rotatable bonds is 2. The highest BCUT2D eigenvalue weighted by molar-refractivity contribution is 9.11. The monoisotopic (exact) mass is 493 g/mol. The van der Waals surface area contributed by atoms with Crippen LogP contribution in [0.25, 0.3) is 10.2 Å². The minimum atomic E-state index is -0.198. The van der Waals surface area contributed by atoms with Crippen molar-refractivity contribution in [3.05, 3.63) is 48.8 Å². The van der Waals surface area contributed by atoms with E-state index in [1.165, 1.54) is 28.9 Å². The lowest BCUT2D eigenvalue weighted by atomic mass is 9.89. The highest BCUT2D eigenvalue weighted by Gasteiger charge is 2.24. The molecule has 3 aromatic rings. The standard InChI is InChI=1S/C19H17Br2N3OS/c1-9-11-4-2-3-5-12(11)15-16(22)17(26-19(15)23-9)18(25)24-14-7-6-10(20)8-13(14)21/h6-8H,2-5,22H2,1H3,(H,24,25). The number of amides is 1. The van der Waals surface area contributed by atoms with Crippen molar-refractivity contribution >= 4 is 70.7 Å². The van der Waals surface area contributed by atoms with Crippen molar-refractivity contribution in [1.29, 1.82) is 0 Å². The maximum Gasteiger partial charge on any atom is 0.267 e. The van der Waals surface area contributed by atoms with Crippen LogP contribution >= 0.6 is 43.2 Å². The van der Waals surface area contributed by atoms with Crippen molar-refractivity contribution < 1.29 is 4.79 Å². The van der Waals surface area contributed by atoms with Crippen molar-refractivity contribution in [2.75, 3.05) is 11.1 Å². The number of aromatic nitrogens is 1. The summed E-state index contributed by atoms with van der Waals surface area (Å²) in [7, 11) is 0. The van der Waals surface area contributed by atoms with Crippen LogP contribution in [-0.4, -0.2) is 10.9 Å². The van der Waals surface area contributed by atoms with Crippen LogP contribution in [0.2, 0.25) is 0 Å². The number of nitrogens with one attached hydrogen (secondary N) is 1. The summed E-state index contributed by atoms with van der Waals surface area (Å²) in [6.45, 7) is 2.05. The number of thiophene rings is 1. The molecule has 1 aliphatic rings. The quantitative estimate of drug-likeness (QED) is 0.470. The van der Waals surface area contributed by atoms with E-state index in [1.807, 2.05) is 18.2 Å². The maximum atomic E-state index is 12.9. The lowest BCUT2D eigenvalue weighted by Crippen LogP contribution is -2.12. The number of fused-ring (bicyclic) bond motifs is 3. The summed E-state index contributed by atoms with van der Waals surface area (Å²) in [6, 6.07) is 5.63. The maximum absolute atomic E-state index is 12.9. The van der Waals surface area contributed by atoms with Gasteiger partial charge in [0.2, 0.25) is 0 Å². The molecule has 1 aromatic carbocycles. The minimum Gasteiger partial charge on any atom is -0.397 e. The minimum absolute atomic E-state index is 0.198. The second-order valence-electron chi connectivity index (χ2n) is 6.46. The molecule has 0 radical (unpaired) electrons. The summed E-state index contributed by atoms with van der Waals surface area (Å²) in [5.74, 6) is -0.198. The fraction of sp³-hybridized carbons (Fsp3) is 0.263. The van der Waals surface area contributed by atoms with Crippen LogP contribution in [0, 0.1) is 6.92 Å². The Kier molecular flexibility index (Phi) is 4.79. The van der Waals surface area contributed by atoms with Crippen molar-refractivity contribution in [3.8, 4) is 0 Å². The average molecular weight is 495 g/mol. The molecule has 26 heavy (non-hydrogen) atoms. The van der Waals surface area contributed by atoms with Gasteiger partial charge in [0.1, 0.15) is 9.71 Å². The number of nitrogens with two attached hydrogens (primary N) is 1. The molecule has 0 spiro atoms. The van der Waals surface area contributed by atoms with E-state index in [4.69, 9.17) is 10.7 Å². The molecule has 1 aliphatic carbocycles.